The van der Waals surface area contributed by atoms with Gasteiger partial charge in [-0.1, -0.05) is 17.7 Å². The highest BCUT2D eigenvalue weighted by molar-refractivity contribution is 6.30. The van der Waals surface area contributed by atoms with Gasteiger partial charge in [0.1, 0.15) is 23.8 Å². The van der Waals surface area contributed by atoms with Crippen LogP contribution >= 0.6 is 11.6 Å². The van der Waals surface area contributed by atoms with Gasteiger partial charge in [0.15, 0.2) is 0 Å². The summed E-state index contributed by atoms with van der Waals surface area (Å²) in [6.07, 6.45) is 3.14. The Morgan fingerprint density at radius 1 is 1.22 bits per heavy atom. The number of aliphatic hydroxyl groups is 1. The van der Waals surface area contributed by atoms with Crippen LogP contribution in [-0.4, -0.2) is 28.2 Å². The van der Waals surface area contributed by atoms with Gasteiger partial charge < -0.3 is 15.7 Å². The second-order valence-electron chi connectivity index (χ2n) is 5.68. The molecule has 0 aliphatic heterocycles. The minimum Gasteiger partial charge on any atom is -0.387 e. The van der Waals surface area contributed by atoms with Gasteiger partial charge in [0.2, 0.25) is 0 Å². The molecule has 122 valence electrons. The SMILES string of the molecule is OC(CNc1cc(NCC2CC2)ncn1)c1ccc(Cl)c(F)c1. The zero-order chi connectivity index (χ0) is 16.2. The number of halogens is 2. The van der Waals surface area contributed by atoms with Crippen LogP contribution in [0.5, 0.6) is 0 Å². The Morgan fingerprint density at radius 2 is 1.96 bits per heavy atom. The van der Waals surface area contributed by atoms with Gasteiger partial charge in [-0.15, -0.1) is 0 Å². The molecule has 0 spiro atoms. The average Bonchev–Trinajstić information content (AvgIpc) is 3.38. The maximum atomic E-state index is 13.4. The summed E-state index contributed by atoms with van der Waals surface area (Å²) < 4.78 is 13.4. The molecule has 0 amide bonds. The Morgan fingerprint density at radius 3 is 2.65 bits per heavy atom. The van der Waals surface area contributed by atoms with Crippen LogP contribution < -0.4 is 10.6 Å². The molecular formula is C16H18ClFN4O. The predicted molar refractivity (Wildman–Crippen MR) is 88.1 cm³/mol. The summed E-state index contributed by atoms with van der Waals surface area (Å²) in [6, 6.07) is 6.05. The molecule has 1 aromatic heterocycles. The zero-order valence-corrected chi connectivity index (χ0v) is 13.2. The van der Waals surface area contributed by atoms with Crippen molar-refractivity contribution >= 4 is 23.2 Å². The Bertz CT molecular complexity index is 681. The summed E-state index contributed by atoms with van der Waals surface area (Å²) in [4.78, 5) is 8.27. The lowest BCUT2D eigenvalue weighted by Gasteiger charge is -2.13. The molecule has 3 rings (SSSR count). The van der Waals surface area contributed by atoms with Crippen LogP contribution in [0, 0.1) is 11.7 Å². The lowest BCUT2D eigenvalue weighted by Crippen LogP contribution is -2.14. The van der Waals surface area contributed by atoms with Crippen molar-refractivity contribution in [3.8, 4) is 0 Å². The molecule has 2 aromatic rings. The summed E-state index contributed by atoms with van der Waals surface area (Å²) in [7, 11) is 0. The highest BCUT2D eigenvalue weighted by atomic mass is 35.5. The molecule has 1 aromatic carbocycles. The van der Waals surface area contributed by atoms with E-state index in [1.807, 2.05) is 0 Å². The van der Waals surface area contributed by atoms with Crippen LogP contribution in [-0.2, 0) is 0 Å². The molecule has 0 bridgehead atoms. The van der Waals surface area contributed by atoms with Crippen LogP contribution in [0.4, 0.5) is 16.0 Å². The first-order valence-electron chi connectivity index (χ1n) is 7.54. The Labute approximate surface area is 138 Å². The molecule has 1 fully saturated rings. The van der Waals surface area contributed by atoms with Crippen molar-refractivity contribution in [2.75, 3.05) is 23.7 Å². The third-order valence-corrected chi connectivity index (χ3v) is 4.05. The largest absolute Gasteiger partial charge is 0.387 e. The van der Waals surface area contributed by atoms with E-state index in [0.717, 1.165) is 18.3 Å². The Kier molecular flexibility index (Phi) is 4.93. The normalized spacial score (nSPS) is 15.3. The van der Waals surface area contributed by atoms with Crippen LogP contribution in [0.1, 0.15) is 24.5 Å². The van der Waals surface area contributed by atoms with Gasteiger partial charge in [0.25, 0.3) is 0 Å². The van der Waals surface area contributed by atoms with Crippen molar-refractivity contribution in [1.29, 1.82) is 0 Å². The molecule has 3 N–H and O–H groups in total. The van der Waals surface area contributed by atoms with Crippen molar-refractivity contribution in [1.82, 2.24) is 9.97 Å². The molecule has 1 aliphatic rings. The minimum atomic E-state index is -0.861. The number of hydrogen-bond acceptors (Lipinski definition) is 5. The molecule has 0 radical (unpaired) electrons. The predicted octanol–water partition coefficient (Wildman–Crippen LogP) is 3.24. The summed E-state index contributed by atoms with van der Waals surface area (Å²) in [5.41, 5.74) is 0.459. The van der Waals surface area contributed by atoms with Gasteiger partial charge in [0.05, 0.1) is 11.1 Å². The van der Waals surface area contributed by atoms with Crippen LogP contribution in [0.25, 0.3) is 0 Å². The lowest BCUT2D eigenvalue weighted by atomic mass is 10.1. The van der Waals surface area contributed by atoms with Crippen LogP contribution in [0.3, 0.4) is 0 Å². The third kappa shape index (κ3) is 4.53. The molecule has 5 nitrogen and oxygen atoms in total. The number of aliphatic hydroxyl groups excluding tert-OH is 1. The van der Waals surface area contributed by atoms with Crippen LogP contribution in [0.2, 0.25) is 5.02 Å². The van der Waals surface area contributed by atoms with Crippen molar-refractivity contribution < 1.29 is 9.50 Å². The van der Waals surface area contributed by atoms with E-state index < -0.39 is 11.9 Å². The van der Waals surface area contributed by atoms with E-state index in [1.165, 1.54) is 31.3 Å². The summed E-state index contributed by atoms with van der Waals surface area (Å²) in [6.45, 7) is 1.13. The van der Waals surface area contributed by atoms with E-state index in [-0.39, 0.29) is 11.6 Å². The molecule has 1 saturated carbocycles. The standard InChI is InChI=1S/C16H18ClFN4O/c17-12-4-3-11(5-13(12)18)14(23)8-20-16-6-15(21-9-22-16)19-7-10-1-2-10/h3-6,9-10,14,23H,1-2,7-8H2,(H2,19,20,21,22). The van der Waals surface area contributed by atoms with E-state index in [1.54, 1.807) is 12.1 Å². The molecular weight excluding hydrogens is 319 g/mol. The van der Waals surface area contributed by atoms with E-state index >= 15 is 0 Å². The highest BCUT2D eigenvalue weighted by Gasteiger charge is 2.20. The van der Waals surface area contributed by atoms with Crippen molar-refractivity contribution in [2.45, 2.75) is 18.9 Å². The second-order valence-corrected chi connectivity index (χ2v) is 6.09. The molecule has 1 heterocycles. The monoisotopic (exact) mass is 336 g/mol. The number of nitrogens with zero attached hydrogens (tertiary/aromatic N) is 2. The number of benzene rings is 1. The minimum absolute atomic E-state index is 0.0380. The van der Waals surface area contributed by atoms with E-state index in [4.69, 9.17) is 11.6 Å². The molecule has 1 atom stereocenters. The van der Waals surface area contributed by atoms with Gasteiger partial charge in [-0.3, -0.25) is 0 Å². The first-order chi connectivity index (χ1) is 11.1. The first kappa shape index (κ1) is 16.0. The number of anilines is 2. The first-order valence-corrected chi connectivity index (χ1v) is 7.92. The van der Waals surface area contributed by atoms with Gasteiger partial charge in [-0.25, -0.2) is 14.4 Å². The second kappa shape index (κ2) is 7.10. The van der Waals surface area contributed by atoms with Gasteiger partial charge in [-0.2, -0.15) is 0 Å². The Balaban J connectivity index is 1.56. The number of hydrogen-bond donors (Lipinski definition) is 3. The molecule has 7 heteroatoms. The van der Waals surface area contributed by atoms with Crippen molar-refractivity contribution in [3.05, 3.63) is 47.0 Å². The third-order valence-electron chi connectivity index (χ3n) is 3.74. The van der Waals surface area contributed by atoms with Crippen LogP contribution in [0.15, 0.2) is 30.6 Å². The molecule has 1 unspecified atom stereocenters. The maximum Gasteiger partial charge on any atom is 0.142 e. The number of aromatic nitrogens is 2. The smallest absolute Gasteiger partial charge is 0.142 e. The van der Waals surface area contributed by atoms with Gasteiger partial charge >= 0.3 is 0 Å². The molecule has 1 aliphatic carbocycles. The van der Waals surface area contributed by atoms with Gasteiger partial charge in [-0.05, 0) is 36.5 Å². The number of nitrogens with one attached hydrogen (secondary N) is 2. The quantitative estimate of drug-likeness (QED) is 0.724. The summed E-state index contributed by atoms with van der Waals surface area (Å²) in [5, 5.41) is 16.4. The fraction of sp³-hybridized carbons (Fsp3) is 0.375. The van der Waals surface area contributed by atoms with Crippen molar-refractivity contribution in [3.63, 3.8) is 0 Å². The highest BCUT2D eigenvalue weighted by Crippen LogP contribution is 2.28. The molecule has 0 saturated heterocycles. The fourth-order valence-electron chi connectivity index (χ4n) is 2.16. The summed E-state index contributed by atoms with van der Waals surface area (Å²) >= 11 is 5.64. The fourth-order valence-corrected chi connectivity index (χ4v) is 2.28. The van der Waals surface area contributed by atoms with Crippen molar-refractivity contribution in [2.24, 2.45) is 5.92 Å². The van der Waals surface area contributed by atoms with E-state index in [2.05, 4.69) is 20.6 Å². The zero-order valence-electron chi connectivity index (χ0n) is 12.5. The maximum absolute atomic E-state index is 13.4. The summed E-state index contributed by atoms with van der Waals surface area (Å²) in [5.74, 6) is 1.56. The Hall–Kier alpha value is -1.92. The average molecular weight is 337 g/mol. The number of rotatable bonds is 7. The van der Waals surface area contributed by atoms with Gasteiger partial charge in [0, 0.05) is 19.2 Å². The van der Waals surface area contributed by atoms with E-state index in [0.29, 0.717) is 11.4 Å². The van der Waals surface area contributed by atoms with E-state index in [9.17, 15) is 9.50 Å². The topological polar surface area (TPSA) is 70.1 Å². The lowest BCUT2D eigenvalue weighted by molar-refractivity contribution is 0.191. The molecule has 23 heavy (non-hydrogen) atoms.